The van der Waals surface area contributed by atoms with E-state index in [1.807, 2.05) is 20.0 Å². The number of nitrogens with zero attached hydrogens (tertiary/aromatic N) is 3. The summed E-state index contributed by atoms with van der Waals surface area (Å²) < 4.78 is 0. The SMILES string of the molecule is CCC(C)(C)N(C)c1nccc(C)c1C#N. The van der Waals surface area contributed by atoms with Crippen LogP contribution >= 0.6 is 0 Å². The van der Waals surface area contributed by atoms with E-state index >= 15 is 0 Å². The highest BCUT2D eigenvalue weighted by Crippen LogP contribution is 2.26. The van der Waals surface area contributed by atoms with Crippen molar-refractivity contribution in [3.05, 3.63) is 23.4 Å². The second kappa shape index (κ2) is 4.52. The van der Waals surface area contributed by atoms with E-state index in [2.05, 4.69) is 36.7 Å². The summed E-state index contributed by atoms with van der Waals surface area (Å²) in [6.07, 6.45) is 2.76. The molecule has 0 saturated heterocycles. The fourth-order valence-electron chi connectivity index (χ4n) is 1.46. The summed E-state index contributed by atoms with van der Waals surface area (Å²) in [7, 11) is 1.99. The minimum atomic E-state index is 0.00634. The Morgan fingerprint density at radius 1 is 1.50 bits per heavy atom. The summed E-state index contributed by atoms with van der Waals surface area (Å²) in [5.74, 6) is 0.773. The summed E-state index contributed by atoms with van der Waals surface area (Å²) >= 11 is 0. The van der Waals surface area contributed by atoms with E-state index in [9.17, 15) is 0 Å². The van der Waals surface area contributed by atoms with Crippen LogP contribution in [-0.2, 0) is 0 Å². The first-order valence-corrected chi connectivity index (χ1v) is 5.53. The van der Waals surface area contributed by atoms with Gasteiger partial charge in [0.25, 0.3) is 0 Å². The number of hydrogen-bond donors (Lipinski definition) is 0. The number of aromatic nitrogens is 1. The predicted octanol–water partition coefficient (Wildman–Crippen LogP) is 2.89. The van der Waals surface area contributed by atoms with Crippen LogP contribution in [0.4, 0.5) is 5.82 Å². The van der Waals surface area contributed by atoms with Crippen LogP contribution in [-0.4, -0.2) is 17.6 Å². The van der Waals surface area contributed by atoms with Crippen molar-refractivity contribution >= 4 is 5.82 Å². The van der Waals surface area contributed by atoms with Gasteiger partial charge in [0.1, 0.15) is 11.9 Å². The van der Waals surface area contributed by atoms with Gasteiger partial charge in [-0.2, -0.15) is 5.26 Å². The number of hydrogen-bond acceptors (Lipinski definition) is 3. The lowest BCUT2D eigenvalue weighted by atomic mass is 9.99. The topological polar surface area (TPSA) is 39.9 Å². The summed E-state index contributed by atoms with van der Waals surface area (Å²) in [4.78, 5) is 6.41. The van der Waals surface area contributed by atoms with Crippen molar-refractivity contribution in [1.29, 1.82) is 5.26 Å². The van der Waals surface area contributed by atoms with Crippen LogP contribution in [0, 0.1) is 18.3 Å². The van der Waals surface area contributed by atoms with Gasteiger partial charge in [0, 0.05) is 18.8 Å². The van der Waals surface area contributed by atoms with Crippen LogP contribution in [0.25, 0.3) is 0 Å². The Balaban J connectivity index is 3.25. The van der Waals surface area contributed by atoms with Crippen molar-refractivity contribution in [2.75, 3.05) is 11.9 Å². The molecule has 3 heteroatoms. The molecule has 0 aliphatic rings. The number of rotatable bonds is 3. The average Bonchev–Trinajstić information content (AvgIpc) is 2.27. The highest BCUT2D eigenvalue weighted by atomic mass is 15.2. The largest absolute Gasteiger partial charge is 0.353 e. The Morgan fingerprint density at radius 3 is 2.62 bits per heavy atom. The minimum absolute atomic E-state index is 0.00634. The lowest BCUT2D eigenvalue weighted by Crippen LogP contribution is -2.41. The van der Waals surface area contributed by atoms with Crippen LogP contribution in [0.5, 0.6) is 0 Å². The first-order valence-electron chi connectivity index (χ1n) is 5.53. The van der Waals surface area contributed by atoms with Gasteiger partial charge in [-0.1, -0.05) is 6.92 Å². The second-order valence-corrected chi connectivity index (χ2v) is 4.66. The number of pyridine rings is 1. The van der Waals surface area contributed by atoms with Crippen molar-refractivity contribution < 1.29 is 0 Å². The van der Waals surface area contributed by atoms with Gasteiger partial charge < -0.3 is 4.90 Å². The molecule has 0 fully saturated rings. The first kappa shape index (κ1) is 12.5. The van der Waals surface area contributed by atoms with E-state index in [0.717, 1.165) is 17.8 Å². The van der Waals surface area contributed by atoms with Crippen LogP contribution in [0.2, 0.25) is 0 Å². The van der Waals surface area contributed by atoms with Gasteiger partial charge in [-0.15, -0.1) is 0 Å². The summed E-state index contributed by atoms with van der Waals surface area (Å²) in [6.45, 7) is 8.38. The molecule has 0 spiro atoms. The summed E-state index contributed by atoms with van der Waals surface area (Å²) in [5.41, 5.74) is 1.66. The van der Waals surface area contributed by atoms with E-state index in [1.165, 1.54) is 0 Å². The lowest BCUT2D eigenvalue weighted by molar-refractivity contribution is 0.467. The standard InChI is InChI=1S/C13H19N3/c1-6-13(3,4)16(5)12-11(9-14)10(2)7-8-15-12/h7-8H,6H2,1-5H3. The molecule has 1 aromatic heterocycles. The molecule has 0 N–H and O–H groups in total. The van der Waals surface area contributed by atoms with Crippen molar-refractivity contribution in [3.63, 3.8) is 0 Å². The van der Waals surface area contributed by atoms with Crippen LogP contribution in [0.15, 0.2) is 12.3 Å². The van der Waals surface area contributed by atoms with Crippen LogP contribution in [0.1, 0.15) is 38.3 Å². The zero-order valence-electron chi connectivity index (χ0n) is 10.7. The second-order valence-electron chi connectivity index (χ2n) is 4.66. The van der Waals surface area contributed by atoms with Crippen LogP contribution in [0.3, 0.4) is 0 Å². The summed E-state index contributed by atoms with van der Waals surface area (Å²) in [5, 5.41) is 9.17. The van der Waals surface area contributed by atoms with Crippen molar-refractivity contribution in [3.8, 4) is 6.07 Å². The average molecular weight is 217 g/mol. The zero-order chi connectivity index (χ0) is 12.3. The van der Waals surface area contributed by atoms with E-state index in [-0.39, 0.29) is 5.54 Å². The monoisotopic (exact) mass is 217 g/mol. The molecule has 86 valence electrons. The molecule has 0 radical (unpaired) electrons. The van der Waals surface area contributed by atoms with Gasteiger partial charge in [0.05, 0.1) is 5.56 Å². The van der Waals surface area contributed by atoms with Crippen molar-refractivity contribution in [1.82, 2.24) is 4.98 Å². The molecule has 3 nitrogen and oxygen atoms in total. The normalized spacial score (nSPS) is 11.0. The highest BCUT2D eigenvalue weighted by molar-refractivity contribution is 5.57. The first-order chi connectivity index (χ1) is 7.44. The Labute approximate surface area is 97.7 Å². The van der Waals surface area contributed by atoms with Gasteiger partial charge in [-0.25, -0.2) is 4.98 Å². The molecule has 16 heavy (non-hydrogen) atoms. The molecule has 0 bridgehead atoms. The fraction of sp³-hybridized carbons (Fsp3) is 0.538. The Hall–Kier alpha value is -1.56. The minimum Gasteiger partial charge on any atom is -0.353 e. The number of aryl methyl sites for hydroxylation is 1. The van der Waals surface area contributed by atoms with E-state index in [1.54, 1.807) is 6.20 Å². The Morgan fingerprint density at radius 2 is 2.12 bits per heavy atom. The molecule has 1 heterocycles. The smallest absolute Gasteiger partial charge is 0.146 e. The molecular formula is C13H19N3. The van der Waals surface area contributed by atoms with Gasteiger partial charge >= 0.3 is 0 Å². The van der Waals surface area contributed by atoms with Crippen molar-refractivity contribution in [2.24, 2.45) is 0 Å². The molecule has 1 aromatic rings. The number of nitriles is 1. The van der Waals surface area contributed by atoms with E-state index in [0.29, 0.717) is 5.56 Å². The molecule has 0 aliphatic heterocycles. The maximum Gasteiger partial charge on any atom is 0.146 e. The predicted molar refractivity (Wildman–Crippen MR) is 66.5 cm³/mol. The molecule has 0 amide bonds. The quantitative estimate of drug-likeness (QED) is 0.781. The summed E-state index contributed by atoms with van der Waals surface area (Å²) in [6, 6.07) is 4.11. The third kappa shape index (κ3) is 2.16. The number of anilines is 1. The maximum atomic E-state index is 9.17. The molecule has 0 aromatic carbocycles. The molecule has 0 saturated carbocycles. The van der Waals surface area contributed by atoms with Crippen LogP contribution < -0.4 is 4.90 Å². The van der Waals surface area contributed by atoms with E-state index in [4.69, 9.17) is 5.26 Å². The van der Waals surface area contributed by atoms with Gasteiger partial charge in [0.2, 0.25) is 0 Å². The molecule has 0 unspecified atom stereocenters. The Bertz CT molecular complexity index is 416. The molecular weight excluding hydrogens is 198 g/mol. The molecule has 0 aliphatic carbocycles. The third-order valence-electron chi connectivity index (χ3n) is 3.34. The fourth-order valence-corrected chi connectivity index (χ4v) is 1.46. The maximum absolute atomic E-state index is 9.17. The highest BCUT2D eigenvalue weighted by Gasteiger charge is 2.24. The van der Waals surface area contributed by atoms with Gasteiger partial charge in [0.15, 0.2) is 0 Å². The molecule has 0 atom stereocenters. The zero-order valence-corrected chi connectivity index (χ0v) is 10.7. The van der Waals surface area contributed by atoms with Gasteiger partial charge in [-0.05, 0) is 38.8 Å². The van der Waals surface area contributed by atoms with Crippen molar-refractivity contribution in [2.45, 2.75) is 39.7 Å². The van der Waals surface area contributed by atoms with E-state index < -0.39 is 0 Å². The molecule has 1 rings (SSSR count). The van der Waals surface area contributed by atoms with Gasteiger partial charge in [-0.3, -0.25) is 0 Å². The Kier molecular flexibility index (Phi) is 3.54. The third-order valence-corrected chi connectivity index (χ3v) is 3.34. The lowest BCUT2D eigenvalue weighted by Gasteiger charge is -2.36.